The summed E-state index contributed by atoms with van der Waals surface area (Å²) in [6.07, 6.45) is 3.32. The molecule has 0 heterocycles. The Morgan fingerprint density at radius 2 is 1.59 bits per heavy atom. The van der Waals surface area contributed by atoms with Crippen LogP contribution in [0.3, 0.4) is 0 Å². The molecule has 32 heavy (non-hydrogen) atoms. The molecule has 3 aromatic rings. The van der Waals surface area contributed by atoms with Crippen LogP contribution >= 0.6 is 12.2 Å². The van der Waals surface area contributed by atoms with Crippen molar-refractivity contribution in [3.05, 3.63) is 96.1 Å². The van der Waals surface area contributed by atoms with Gasteiger partial charge in [0.15, 0.2) is 5.11 Å². The predicted molar refractivity (Wildman–Crippen MR) is 132 cm³/mol. The largest absolute Gasteiger partial charge is 0.496 e. The first kappa shape index (κ1) is 22.7. The number of amides is 2. The van der Waals surface area contributed by atoms with E-state index in [4.69, 9.17) is 17.0 Å². The number of carbonyl (C=O) groups is 2. The van der Waals surface area contributed by atoms with E-state index in [1.54, 1.807) is 37.5 Å². The lowest BCUT2D eigenvalue weighted by molar-refractivity contribution is -0.116. The van der Waals surface area contributed by atoms with Gasteiger partial charge in [-0.2, -0.15) is 0 Å². The molecule has 0 aliphatic rings. The Kier molecular flexibility index (Phi) is 8.11. The lowest BCUT2D eigenvalue weighted by Crippen LogP contribution is -2.32. The van der Waals surface area contributed by atoms with Gasteiger partial charge in [0.1, 0.15) is 5.75 Å². The second-order valence-electron chi connectivity index (χ2n) is 6.81. The van der Waals surface area contributed by atoms with E-state index in [9.17, 15) is 9.59 Å². The van der Waals surface area contributed by atoms with Gasteiger partial charge in [-0.05, 0) is 48.1 Å². The highest BCUT2D eigenvalue weighted by atomic mass is 32.1. The van der Waals surface area contributed by atoms with Crippen LogP contribution in [0, 0.1) is 0 Å². The highest BCUT2D eigenvalue weighted by Crippen LogP contribution is 2.18. The molecular weight excluding hydrogens is 422 g/mol. The molecule has 3 rings (SSSR count). The summed E-state index contributed by atoms with van der Waals surface area (Å²) >= 11 is 5.22. The van der Waals surface area contributed by atoms with Crippen molar-refractivity contribution in [2.75, 3.05) is 17.7 Å². The predicted octanol–water partition coefficient (Wildman–Crippen LogP) is 4.40. The van der Waals surface area contributed by atoms with Crippen LogP contribution < -0.4 is 20.7 Å². The maximum absolute atomic E-state index is 12.3. The van der Waals surface area contributed by atoms with Crippen molar-refractivity contribution in [3.63, 3.8) is 0 Å². The zero-order valence-corrected chi connectivity index (χ0v) is 18.3. The van der Waals surface area contributed by atoms with Crippen molar-refractivity contribution >= 4 is 46.6 Å². The Morgan fingerprint density at radius 1 is 0.906 bits per heavy atom. The van der Waals surface area contributed by atoms with Gasteiger partial charge in [-0.15, -0.1) is 0 Å². The molecule has 0 spiro atoms. The van der Waals surface area contributed by atoms with E-state index < -0.39 is 0 Å². The monoisotopic (exact) mass is 445 g/mol. The fraction of sp³-hybridized carbons (Fsp3) is 0.0800. The third-order valence-electron chi connectivity index (χ3n) is 4.40. The molecule has 3 N–H and O–H groups in total. The number of thiocarbonyl (C=S) groups is 1. The third kappa shape index (κ3) is 7.07. The molecule has 0 atom stereocenters. The van der Waals surface area contributed by atoms with Gasteiger partial charge in [0.25, 0.3) is 0 Å². The summed E-state index contributed by atoms with van der Waals surface area (Å²) in [5, 5.41) is 8.55. The minimum atomic E-state index is -0.374. The van der Waals surface area contributed by atoms with E-state index in [1.807, 2.05) is 54.6 Å². The Labute approximate surface area is 192 Å². The molecule has 0 aliphatic carbocycles. The molecule has 2 amide bonds. The minimum absolute atomic E-state index is 0.120. The second kappa shape index (κ2) is 11.4. The maximum atomic E-state index is 12.3. The topological polar surface area (TPSA) is 79.5 Å². The fourth-order valence-electron chi connectivity index (χ4n) is 2.95. The number of anilines is 2. The van der Waals surface area contributed by atoms with Crippen LogP contribution in [0.15, 0.2) is 84.9 Å². The normalized spacial score (nSPS) is 10.4. The summed E-state index contributed by atoms with van der Waals surface area (Å²) in [5.41, 5.74) is 2.98. The second-order valence-corrected chi connectivity index (χ2v) is 7.22. The van der Waals surface area contributed by atoms with E-state index in [2.05, 4.69) is 16.0 Å². The van der Waals surface area contributed by atoms with Gasteiger partial charge in [-0.3, -0.25) is 14.9 Å². The van der Waals surface area contributed by atoms with Crippen LogP contribution in [0.4, 0.5) is 11.4 Å². The highest BCUT2D eigenvalue weighted by Gasteiger charge is 2.06. The van der Waals surface area contributed by atoms with Gasteiger partial charge in [-0.25, -0.2) is 0 Å². The number of hydrogen-bond donors (Lipinski definition) is 3. The summed E-state index contributed by atoms with van der Waals surface area (Å²) in [4.78, 5) is 24.4. The van der Waals surface area contributed by atoms with Crippen LogP contribution in [-0.2, 0) is 16.0 Å². The van der Waals surface area contributed by atoms with Gasteiger partial charge < -0.3 is 15.4 Å². The van der Waals surface area contributed by atoms with Gasteiger partial charge in [0.05, 0.1) is 13.5 Å². The number of ether oxygens (including phenoxy) is 1. The number of benzene rings is 3. The van der Waals surface area contributed by atoms with Gasteiger partial charge in [0, 0.05) is 23.0 Å². The number of para-hydroxylation sites is 1. The molecule has 0 aromatic heterocycles. The molecule has 0 saturated heterocycles. The van der Waals surface area contributed by atoms with Crippen LogP contribution in [-0.4, -0.2) is 24.0 Å². The van der Waals surface area contributed by atoms with Crippen molar-refractivity contribution in [2.45, 2.75) is 6.42 Å². The molecule has 7 heteroatoms. The molecule has 0 aliphatic heterocycles. The van der Waals surface area contributed by atoms with Crippen LogP contribution in [0.2, 0.25) is 0 Å². The van der Waals surface area contributed by atoms with Crippen LogP contribution in [0.1, 0.15) is 11.1 Å². The molecule has 0 fully saturated rings. The van der Waals surface area contributed by atoms with Crippen LogP contribution in [0.5, 0.6) is 5.75 Å². The molecule has 0 saturated carbocycles. The van der Waals surface area contributed by atoms with E-state index >= 15 is 0 Å². The summed E-state index contributed by atoms with van der Waals surface area (Å²) in [6, 6.07) is 24.0. The van der Waals surface area contributed by atoms with Gasteiger partial charge in [-0.1, -0.05) is 54.6 Å². The van der Waals surface area contributed by atoms with E-state index in [0.717, 1.165) is 11.1 Å². The van der Waals surface area contributed by atoms with Crippen LogP contribution in [0.25, 0.3) is 6.08 Å². The Morgan fingerprint density at radius 3 is 2.34 bits per heavy atom. The summed E-state index contributed by atoms with van der Waals surface area (Å²) in [5.74, 6) is 0.176. The van der Waals surface area contributed by atoms with Crippen molar-refractivity contribution < 1.29 is 14.3 Å². The van der Waals surface area contributed by atoms with E-state index in [0.29, 0.717) is 17.1 Å². The number of hydrogen-bond acceptors (Lipinski definition) is 4. The molecule has 0 unspecified atom stereocenters. The Hall–Kier alpha value is -3.97. The zero-order valence-electron chi connectivity index (χ0n) is 17.5. The van der Waals surface area contributed by atoms with Crippen molar-refractivity contribution in [1.82, 2.24) is 5.32 Å². The maximum Gasteiger partial charge on any atom is 0.250 e. The number of rotatable bonds is 7. The Bertz CT molecular complexity index is 1130. The Balaban J connectivity index is 1.53. The SMILES string of the molecule is COc1ccccc1/C=C/C(=O)NC(=S)Nc1cccc(NC(=O)Cc2ccccc2)c1. The summed E-state index contributed by atoms with van der Waals surface area (Å²) < 4.78 is 5.26. The summed E-state index contributed by atoms with van der Waals surface area (Å²) in [7, 11) is 1.57. The van der Waals surface area contributed by atoms with Crippen molar-refractivity contribution in [2.24, 2.45) is 0 Å². The minimum Gasteiger partial charge on any atom is -0.496 e. The standard InChI is InChI=1S/C25H23N3O3S/c1-31-22-13-6-5-10-19(22)14-15-23(29)28-25(32)27-21-12-7-11-20(17-21)26-24(30)16-18-8-3-2-4-9-18/h2-15,17H,16H2,1H3,(H,26,30)(H2,27,28,29,32)/b15-14+. The summed E-state index contributed by atoms with van der Waals surface area (Å²) in [6.45, 7) is 0. The molecule has 6 nitrogen and oxygen atoms in total. The fourth-order valence-corrected chi connectivity index (χ4v) is 3.17. The average Bonchev–Trinajstić information content (AvgIpc) is 2.78. The first-order chi connectivity index (χ1) is 15.5. The smallest absolute Gasteiger partial charge is 0.250 e. The van der Waals surface area contributed by atoms with Crippen molar-refractivity contribution in [1.29, 1.82) is 0 Å². The van der Waals surface area contributed by atoms with E-state index in [1.165, 1.54) is 6.08 Å². The quantitative estimate of drug-likeness (QED) is 0.371. The average molecular weight is 446 g/mol. The molecule has 0 radical (unpaired) electrons. The lowest BCUT2D eigenvalue weighted by atomic mass is 10.1. The first-order valence-electron chi connectivity index (χ1n) is 9.90. The first-order valence-corrected chi connectivity index (χ1v) is 10.3. The highest BCUT2D eigenvalue weighted by molar-refractivity contribution is 7.80. The van der Waals surface area contributed by atoms with E-state index in [-0.39, 0.29) is 23.3 Å². The molecule has 3 aromatic carbocycles. The third-order valence-corrected chi connectivity index (χ3v) is 4.61. The molecular formula is C25H23N3O3S. The number of nitrogens with one attached hydrogen (secondary N) is 3. The van der Waals surface area contributed by atoms with Crippen molar-refractivity contribution in [3.8, 4) is 5.75 Å². The zero-order chi connectivity index (χ0) is 22.8. The van der Waals surface area contributed by atoms with Gasteiger partial charge in [0.2, 0.25) is 11.8 Å². The molecule has 162 valence electrons. The number of carbonyl (C=O) groups excluding carboxylic acids is 2. The molecule has 0 bridgehead atoms. The lowest BCUT2D eigenvalue weighted by Gasteiger charge is -2.11. The van der Waals surface area contributed by atoms with Gasteiger partial charge >= 0.3 is 0 Å². The number of methoxy groups -OCH3 is 1.